The number of nitrogens with one attached hydrogen (secondary N) is 1. The van der Waals surface area contributed by atoms with E-state index in [1.807, 2.05) is 68.4 Å². The van der Waals surface area contributed by atoms with Crippen LogP contribution in [0.25, 0.3) is 22.2 Å². The van der Waals surface area contributed by atoms with Gasteiger partial charge in [0.1, 0.15) is 10.8 Å². The van der Waals surface area contributed by atoms with E-state index in [-0.39, 0.29) is 12.0 Å². The van der Waals surface area contributed by atoms with Gasteiger partial charge < -0.3 is 14.8 Å². The predicted molar refractivity (Wildman–Crippen MR) is 152 cm³/mol. The Hall–Kier alpha value is -3.71. The maximum absolute atomic E-state index is 13.8. The number of hydrogen-bond acceptors (Lipinski definition) is 6. The Kier molecular flexibility index (Phi) is 7.47. The highest BCUT2D eigenvalue weighted by atomic mass is 32.1. The van der Waals surface area contributed by atoms with E-state index in [2.05, 4.69) is 12.2 Å². The molecule has 0 saturated heterocycles. The number of rotatable bonds is 7. The number of methoxy groups -OCH3 is 1. The van der Waals surface area contributed by atoms with Crippen LogP contribution in [0.15, 0.2) is 54.6 Å². The number of benzene rings is 2. The first kappa shape index (κ1) is 25.9. The van der Waals surface area contributed by atoms with E-state index in [1.165, 1.54) is 23.3 Å². The molecule has 4 aromatic rings. The lowest BCUT2D eigenvalue weighted by atomic mass is 9.85. The summed E-state index contributed by atoms with van der Waals surface area (Å²) in [6.07, 6.45) is 3.97. The number of carbonyl (C=O) groups is 2. The molecule has 38 heavy (non-hydrogen) atoms. The molecular weight excluding hydrogens is 496 g/mol. The fourth-order valence-corrected chi connectivity index (χ4v) is 6.41. The summed E-state index contributed by atoms with van der Waals surface area (Å²) in [5, 5.41) is 4.37. The standard InChI is InChI=1S/C31H32N2O4S/c1-5-19-10-15-23-27(16-19)38-30(28(23)31(35)36-4)33-29(34)24-17-26(32-25-9-7-6-8-22(24)25)20-11-13-21(14-12-20)37-18(2)3/h6-9,11-14,17-19H,5,10,15-16H2,1-4H3,(H,33,34). The van der Waals surface area contributed by atoms with Gasteiger partial charge >= 0.3 is 5.97 Å². The van der Waals surface area contributed by atoms with Crippen LogP contribution in [-0.2, 0) is 17.6 Å². The molecule has 0 fully saturated rings. The topological polar surface area (TPSA) is 77.5 Å². The Bertz CT molecular complexity index is 1490. The van der Waals surface area contributed by atoms with Gasteiger partial charge in [-0.1, -0.05) is 31.5 Å². The normalized spacial score (nSPS) is 14.8. The monoisotopic (exact) mass is 528 g/mol. The second-order valence-corrected chi connectivity index (χ2v) is 11.0. The molecule has 1 amide bonds. The maximum atomic E-state index is 13.8. The van der Waals surface area contributed by atoms with E-state index in [9.17, 15) is 9.59 Å². The minimum absolute atomic E-state index is 0.0839. The van der Waals surface area contributed by atoms with E-state index in [1.54, 1.807) is 0 Å². The van der Waals surface area contributed by atoms with Crippen LogP contribution in [0.5, 0.6) is 5.75 Å². The van der Waals surface area contributed by atoms with Crippen molar-refractivity contribution in [3.63, 3.8) is 0 Å². The first-order valence-corrected chi connectivity index (χ1v) is 13.9. The number of pyridine rings is 1. The molecule has 0 saturated carbocycles. The van der Waals surface area contributed by atoms with Crippen LogP contribution in [0.1, 0.15) is 64.8 Å². The van der Waals surface area contributed by atoms with Crippen LogP contribution >= 0.6 is 11.3 Å². The van der Waals surface area contributed by atoms with Crippen molar-refractivity contribution in [3.05, 3.63) is 76.2 Å². The van der Waals surface area contributed by atoms with Crippen LogP contribution in [0.3, 0.4) is 0 Å². The molecule has 0 bridgehead atoms. The highest BCUT2D eigenvalue weighted by Crippen LogP contribution is 2.41. The Morgan fingerprint density at radius 1 is 1.13 bits per heavy atom. The minimum atomic E-state index is -0.406. The number of esters is 1. The molecule has 196 valence electrons. The number of anilines is 1. The van der Waals surface area contributed by atoms with Crippen LogP contribution in [-0.4, -0.2) is 30.1 Å². The Balaban J connectivity index is 1.53. The fourth-order valence-electron chi connectivity index (χ4n) is 5.07. The molecule has 0 aliphatic heterocycles. The number of carbonyl (C=O) groups excluding carboxylic acids is 2. The van der Waals surface area contributed by atoms with Gasteiger partial charge in [-0.15, -0.1) is 11.3 Å². The lowest BCUT2D eigenvalue weighted by Crippen LogP contribution is -2.17. The molecule has 1 aliphatic carbocycles. The van der Waals surface area contributed by atoms with Crippen molar-refractivity contribution in [2.75, 3.05) is 12.4 Å². The molecule has 1 aliphatic rings. The molecule has 1 unspecified atom stereocenters. The van der Waals surface area contributed by atoms with Crippen LogP contribution in [0, 0.1) is 5.92 Å². The Morgan fingerprint density at radius 2 is 1.89 bits per heavy atom. The zero-order valence-corrected chi connectivity index (χ0v) is 23.0. The highest BCUT2D eigenvalue weighted by Gasteiger charge is 2.30. The smallest absolute Gasteiger partial charge is 0.341 e. The van der Waals surface area contributed by atoms with E-state index in [0.717, 1.165) is 53.5 Å². The fraction of sp³-hybridized carbons (Fsp3) is 0.323. The summed E-state index contributed by atoms with van der Waals surface area (Å²) in [5.74, 6) is 0.696. The van der Waals surface area contributed by atoms with Gasteiger partial charge in [0.05, 0.1) is 35.6 Å². The van der Waals surface area contributed by atoms with Crippen molar-refractivity contribution in [1.29, 1.82) is 0 Å². The molecule has 0 spiro atoms. The molecule has 1 atom stereocenters. The average molecular weight is 529 g/mol. The summed E-state index contributed by atoms with van der Waals surface area (Å²) < 4.78 is 10.9. The van der Waals surface area contributed by atoms with E-state index >= 15 is 0 Å². The number of ether oxygens (including phenoxy) is 2. The second-order valence-electron chi connectivity index (χ2n) is 9.93. The first-order chi connectivity index (χ1) is 18.4. The third kappa shape index (κ3) is 5.16. The first-order valence-electron chi connectivity index (χ1n) is 13.1. The summed E-state index contributed by atoms with van der Waals surface area (Å²) in [5.41, 5.74) is 4.31. The summed E-state index contributed by atoms with van der Waals surface area (Å²) >= 11 is 1.50. The van der Waals surface area contributed by atoms with Gasteiger partial charge in [0, 0.05) is 15.8 Å². The summed E-state index contributed by atoms with van der Waals surface area (Å²) in [7, 11) is 1.38. The molecule has 2 heterocycles. The number of thiophene rings is 1. The van der Waals surface area contributed by atoms with E-state index in [4.69, 9.17) is 14.5 Å². The van der Waals surface area contributed by atoms with Crippen molar-refractivity contribution in [3.8, 4) is 17.0 Å². The van der Waals surface area contributed by atoms with Crippen molar-refractivity contribution in [2.24, 2.45) is 5.92 Å². The second kappa shape index (κ2) is 11.0. The molecule has 5 rings (SSSR count). The van der Waals surface area contributed by atoms with Crippen LogP contribution < -0.4 is 10.1 Å². The minimum Gasteiger partial charge on any atom is -0.491 e. The lowest BCUT2D eigenvalue weighted by molar-refractivity contribution is 0.0600. The van der Waals surface area contributed by atoms with Gasteiger partial charge in [-0.25, -0.2) is 9.78 Å². The van der Waals surface area contributed by atoms with Crippen LogP contribution in [0.4, 0.5) is 5.00 Å². The summed E-state index contributed by atoms with van der Waals surface area (Å²) in [4.78, 5) is 32.6. The van der Waals surface area contributed by atoms with Crippen molar-refractivity contribution >= 4 is 39.1 Å². The van der Waals surface area contributed by atoms with Gasteiger partial charge in [-0.2, -0.15) is 0 Å². The number of amides is 1. The average Bonchev–Trinajstić information content (AvgIpc) is 3.28. The summed E-state index contributed by atoms with van der Waals surface area (Å²) in [6, 6.07) is 17.1. The quantitative estimate of drug-likeness (QED) is 0.255. The lowest BCUT2D eigenvalue weighted by Gasteiger charge is -2.20. The number of para-hydroxylation sites is 1. The van der Waals surface area contributed by atoms with Gasteiger partial charge in [0.2, 0.25) is 0 Å². The van der Waals surface area contributed by atoms with Crippen molar-refractivity contribution in [1.82, 2.24) is 4.98 Å². The molecule has 2 aromatic heterocycles. The SMILES string of the molecule is CCC1CCc2c(sc(NC(=O)c3cc(-c4ccc(OC(C)C)cc4)nc4ccccc34)c2C(=O)OC)C1. The van der Waals surface area contributed by atoms with E-state index < -0.39 is 5.97 Å². The molecule has 1 N–H and O–H groups in total. The number of fused-ring (bicyclic) bond motifs is 2. The maximum Gasteiger partial charge on any atom is 0.341 e. The Morgan fingerprint density at radius 3 is 2.61 bits per heavy atom. The van der Waals surface area contributed by atoms with Crippen molar-refractivity contribution in [2.45, 2.75) is 52.6 Å². The zero-order valence-electron chi connectivity index (χ0n) is 22.2. The summed E-state index contributed by atoms with van der Waals surface area (Å²) in [6.45, 7) is 6.17. The van der Waals surface area contributed by atoms with Gasteiger partial charge in [0.15, 0.2) is 0 Å². The Labute approximate surface area is 227 Å². The van der Waals surface area contributed by atoms with Crippen LogP contribution in [0.2, 0.25) is 0 Å². The number of nitrogens with zero attached hydrogens (tertiary/aromatic N) is 1. The zero-order chi connectivity index (χ0) is 26.8. The third-order valence-electron chi connectivity index (χ3n) is 7.04. The molecular formula is C31H32N2O4S. The number of hydrogen-bond donors (Lipinski definition) is 1. The molecule has 2 aromatic carbocycles. The van der Waals surface area contributed by atoms with Gasteiger partial charge in [-0.05, 0) is 81.0 Å². The van der Waals surface area contributed by atoms with Crippen molar-refractivity contribution < 1.29 is 19.1 Å². The molecule has 6 nitrogen and oxygen atoms in total. The van der Waals surface area contributed by atoms with Gasteiger partial charge in [-0.3, -0.25) is 4.79 Å². The third-order valence-corrected chi connectivity index (χ3v) is 8.21. The van der Waals surface area contributed by atoms with E-state index in [0.29, 0.717) is 27.7 Å². The molecule has 0 radical (unpaired) electrons. The van der Waals surface area contributed by atoms with Gasteiger partial charge in [0.25, 0.3) is 5.91 Å². The molecule has 7 heteroatoms. The number of aromatic nitrogens is 1. The largest absolute Gasteiger partial charge is 0.491 e. The predicted octanol–water partition coefficient (Wildman–Crippen LogP) is 7.30. The highest BCUT2D eigenvalue weighted by molar-refractivity contribution is 7.17.